The van der Waals surface area contributed by atoms with Crippen LogP contribution in [0, 0.1) is 0 Å². The molecule has 0 aromatic heterocycles. The maximum Gasteiger partial charge on any atom is 0.271 e. The van der Waals surface area contributed by atoms with Gasteiger partial charge >= 0.3 is 0 Å². The minimum atomic E-state index is -0.352. The van der Waals surface area contributed by atoms with Gasteiger partial charge in [-0.1, -0.05) is 54.6 Å². The van der Waals surface area contributed by atoms with Gasteiger partial charge < -0.3 is 9.84 Å². The maximum absolute atomic E-state index is 12.0. The molecule has 148 valence electrons. The molecule has 30 heavy (non-hydrogen) atoms. The number of fused-ring (bicyclic) bond motifs is 1. The minimum absolute atomic E-state index is 0.107. The van der Waals surface area contributed by atoms with Crippen LogP contribution in [-0.2, 0) is 6.61 Å². The predicted octanol–water partition coefficient (Wildman–Crippen LogP) is 4.89. The fourth-order valence-electron chi connectivity index (χ4n) is 3.11. The highest BCUT2D eigenvalue weighted by Gasteiger charge is 2.04. The van der Waals surface area contributed by atoms with Gasteiger partial charge in [-0.3, -0.25) is 4.79 Å². The van der Waals surface area contributed by atoms with Gasteiger partial charge in [0.05, 0.1) is 6.21 Å². The number of phenols is 1. The van der Waals surface area contributed by atoms with Crippen LogP contribution < -0.4 is 10.2 Å². The van der Waals surface area contributed by atoms with Crippen molar-refractivity contribution in [2.45, 2.75) is 6.61 Å². The SMILES string of the molecule is O=C(NN=Cc1cccc(OCc2cccc3ccccc23)c1)c1ccc(O)cc1. The maximum atomic E-state index is 12.0. The molecule has 0 fully saturated rings. The van der Waals surface area contributed by atoms with Gasteiger partial charge in [-0.15, -0.1) is 0 Å². The van der Waals surface area contributed by atoms with Gasteiger partial charge in [0.25, 0.3) is 5.91 Å². The zero-order valence-corrected chi connectivity index (χ0v) is 16.2. The van der Waals surface area contributed by atoms with E-state index < -0.39 is 0 Å². The van der Waals surface area contributed by atoms with Gasteiger partial charge in [0.2, 0.25) is 0 Å². The summed E-state index contributed by atoms with van der Waals surface area (Å²) in [7, 11) is 0. The number of nitrogens with zero attached hydrogens (tertiary/aromatic N) is 1. The lowest BCUT2D eigenvalue weighted by Crippen LogP contribution is -2.17. The van der Waals surface area contributed by atoms with E-state index in [-0.39, 0.29) is 11.7 Å². The normalized spacial score (nSPS) is 10.9. The molecular formula is C25H20N2O3. The van der Waals surface area contributed by atoms with Crippen molar-refractivity contribution < 1.29 is 14.6 Å². The highest BCUT2D eigenvalue weighted by molar-refractivity contribution is 5.95. The summed E-state index contributed by atoms with van der Waals surface area (Å²) in [5.41, 5.74) is 4.81. The van der Waals surface area contributed by atoms with Gasteiger partial charge in [0, 0.05) is 5.56 Å². The van der Waals surface area contributed by atoms with E-state index in [2.05, 4.69) is 34.8 Å². The van der Waals surface area contributed by atoms with Crippen LogP contribution in [0.4, 0.5) is 0 Å². The first kappa shape index (κ1) is 19.2. The van der Waals surface area contributed by atoms with Crippen LogP contribution in [-0.4, -0.2) is 17.2 Å². The molecule has 4 aromatic rings. The lowest BCUT2D eigenvalue weighted by Gasteiger charge is -2.09. The number of carbonyl (C=O) groups is 1. The molecule has 0 spiro atoms. The zero-order chi connectivity index (χ0) is 20.8. The Hall–Kier alpha value is -4.12. The van der Waals surface area contributed by atoms with E-state index in [0.29, 0.717) is 12.2 Å². The third-order valence-electron chi connectivity index (χ3n) is 4.64. The van der Waals surface area contributed by atoms with Crippen LogP contribution in [0.25, 0.3) is 10.8 Å². The van der Waals surface area contributed by atoms with Crippen molar-refractivity contribution in [3.8, 4) is 11.5 Å². The number of amides is 1. The van der Waals surface area contributed by atoms with Gasteiger partial charge in [-0.2, -0.15) is 5.10 Å². The molecule has 2 N–H and O–H groups in total. The molecule has 5 heteroatoms. The molecule has 4 aromatic carbocycles. The first-order valence-electron chi connectivity index (χ1n) is 9.51. The first-order chi connectivity index (χ1) is 14.7. The molecule has 0 radical (unpaired) electrons. The predicted molar refractivity (Wildman–Crippen MR) is 118 cm³/mol. The van der Waals surface area contributed by atoms with E-state index in [1.165, 1.54) is 35.0 Å². The Morgan fingerprint density at radius 3 is 2.57 bits per heavy atom. The summed E-state index contributed by atoms with van der Waals surface area (Å²) >= 11 is 0. The second-order valence-electron chi connectivity index (χ2n) is 6.75. The third kappa shape index (κ3) is 4.64. The molecule has 0 aliphatic rings. The molecule has 0 bridgehead atoms. The fraction of sp³-hybridized carbons (Fsp3) is 0.0400. The second kappa shape index (κ2) is 8.92. The smallest absolute Gasteiger partial charge is 0.271 e. The quantitative estimate of drug-likeness (QED) is 0.360. The number of carbonyl (C=O) groups excluding carboxylic acids is 1. The van der Waals surface area contributed by atoms with Crippen LogP contribution in [0.1, 0.15) is 21.5 Å². The van der Waals surface area contributed by atoms with Crippen molar-refractivity contribution in [2.24, 2.45) is 5.10 Å². The van der Waals surface area contributed by atoms with Crippen LogP contribution in [0.2, 0.25) is 0 Å². The van der Waals surface area contributed by atoms with Crippen LogP contribution >= 0.6 is 0 Å². The molecule has 0 atom stereocenters. The molecule has 0 saturated carbocycles. The van der Waals surface area contributed by atoms with Gasteiger partial charge in [0.15, 0.2) is 0 Å². The van der Waals surface area contributed by atoms with Gasteiger partial charge in [-0.25, -0.2) is 5.43 Å². The highest BCUT2D eigenvalue weighted by Crippen LogP contribution is 2.21. The molecular weight excluding hydrogens is 376 g/mol. The average Bonchev–Trinajstić information content (AvgIpc) is 2.78. The number of nitrogens with one attached hydrogen (secondary N) is 1. The van der Waals surface area contributed by atoms with Gasteiger partial charge in [0.1, 0.15) is 18.1 Å². The highest BCUT2D eigenvalue weighted by atomic mass is 16.5. The van der Waals surface area contributed by atoms with E-state index in [4.69, 9.17) is 4.74 Å². The van der Waals surface area contributed by atoms with Gasteiger partial charge in [-0.05, 0) is 58.3 Å². The number of ether oxygens (including phenoxy) is 1. The van der Waals surface area contributed by atoms with E-state index in [9.17, 15) is 9.90 Å². The Morgan fingerprint density at radius 1 is 0.933 bits per heavy atom. The zero-order valence-electron chi connectivity index (χ0n) is 16.2. The van der Waals surface area contributed by atoms with E-state index >= 15 is 0 Å². The van der Waals surface area contributed by atoms with Crippen molar-refractivity contribution in [3.63, 3.8) is 0 Å². The number of hydrogen-bond donors (Lipinski definition) is 2. The van der Waals surface area contributed by atoms with Crippen LogP contribution in [0.15, 0.2) is 96.1 Å². The van der Waals surface area contributed by atoms with Crippen molar-refractivity contribution >= 4 is 22.9 Å². The monoisotopic (exact) mass is 396 g/mol. The summed E-state index contributed by atoms with van der Waals surface area (Å²) in [6.07, 6.45) is 1.56. The number of rotatable bonds is 6. The van der Waals surface area contributed by atoms with Crippen molar-refractivity contribution in [1.82, 2.24) is 5.43 Å². The number of aromatic hydroxyl groups is 1. The van der Waals surface area contributed by atoms with Crippen molar-refractivity contribution in [1.29, 1.82) is 0 Å². The molecule has 0 saturated heterocycles. The molecule has 0 heterocycles. The number of hydrogen-bond acceptors (Lipinski definition) is 4. The Labute approximate surface area is 174 Å². The molecule has 5 nitrogen and oxygen atoms in total. The average molecular weight is 396 g/mol. The Balaban J connectivity index is 1.39. The summed E-state index contributed by atoms with van der Waals surface area (Å²) in [5.74, 6) is 0.474. The largest absolute Gasteiger partial charge is 0.508 e. The number of benzene rings is 4. The summed E-state index contributed by atoms with van der Waals surface area (Å²) in [6, 6.07) is 27.9. The fourth-order valence-corrected chi connectivity index (χ4v) is 3.11. The number of phenolic OH excluding ortho intramolecular Hbond substituents is 1. The van der Waals surface area contributed by atoms with Crippen LogP contribution in [0.3, 0.4) is 0 Å². The molecule has 1 amide bonds. The first-order valence-corrected chi connectivity index (χ1v) is 9.51. The second-order valence-corrected chi connectivity index (χ2v) is 6.75. The summed E-state index contributed by atoms with van der Waals surface area (Å²) < 4.78 is 5.98. The third-order valence-corrected chi connectivity index (χ3v) is 4.64. The Bertz CT molecular complexity index is 1200. The molecule has 0 aliphatic carbocycles. The molecule has 0 aliphatic heterocycles. The summed E-state index contributed by atoms with van der Waals surface area (Å²) in [6.45, 7) is 0.458. The topological polar surface area (TPSA) is 70.9 Å². The Kier molecular flexibility index (Phi) is 5.71. The summed E-state index contributed by atoms with van der Waals surface area (Å²) in [4.78, 5) is 12.0. The number of hydrazone groups is 1. The standard InChI is InChI=1S/C25H20N2O3/c28-22-13-11-20(12-14-22)25(29)27-26-16-18-5-3-9-23(15-18)30-17-21-8-4-7-19-6-1-2-10-24(19)21/h1-16,28H,17H2,(H,27,29). The van der Waals surface area contributed by atoms with E-state index in [1.807, 2.05) is 42.5 Å². The lowest BCUT2D eigenvalue weighted by atomic mass is 10.1. The minimum Gasteiger partial charge on any atom is -0.508 e. The Morgan fingerprint density at radius 2 is 1.70 bits per heavy atom. The van der Waals surface area contributed by atoms with E-state index in [1.54, 1.807) is 6.21 Å². The van der Waals surface area contributed by atoms with E-state index in [0.717, 1.165) is 16.9 Å². The van der Waals surface area contributed by atoms with Crippen molar-refractivity contribution in [2.75, 3.05) is 0 Å². The van der Waals surface area contributed by atoms with Crippen molar-refractivity contribution in [3.05, 3.63) is 108 Å². The molecule has 0 unspecified atom stereocenters. The molecule has 4 rings (SSSR count). The summed E-state index contributed by atoms with van der Waals surface area (Å²) in [5, 5.41) is 15.6. The van der Waals surface area contributed by atoms with Crippen LogP contribution in [0.5, 0.6) is 11.5 Å². The lowest BCUT2D eigenvalue weighted by molar-refractivity contribution is 0.0955.